The van der Waals surface area contributed by atoms with Crippen molar-refractivity contribution in [1.82, 2.24) is 4.98 Å². The summed E-state index contributed by atoms with van der Waals surface area (Å²) in [7, 11) is 0. The molecule has 3 aromatic rings. The standard InChI is InChI=1S/C18H17ClN2S/c1-12-4-2-6-14(15(12)10-17-21-8-9-22-17)18-13(11-20)5-3-7-16(18)19/h2-9H,10-11,20H2,1H3. The number of rotatable bonds is 4. The van der Waals surface area contributed by atoms with Gasteiger partial charge in [0.05, 0.1) is 5.01 Å². The highest BCUT2D eigenvalue weighted by atomic mass is 35.5. The van der Waals surface area contributed by atoms with Gasteiger partial charge in [-0.2, -0.15) is 0 Å². The summed E-state index contributed by atoms with van der Waals surface area (Å²) in [5.74, 6) is 0. The Morgan fingerprint density at radius 3 is 2.73 bits per heavy atom. The van der Waals surface area contributed by atoms with E-state index in [2.05, 4.69) is 30.1 Å². The third-order valence-corrected chi connectivity index (χ3v) is 4.91. The van der Waals surface area contributed by atoms with E-state index in [1.807, 2.05) is 29.8 Å². The van der Waals surface area contributed by atoms with Crippen LogP contribution in [0.1, 0.15) is 21.7 Å². The van der Waals surface area contributed by atoms with E-state index in [1.54, 1.807) is 11.3 Å². The Morgan fingerprint density at radius 2 is 2.00 bits per heavy atom. The van der Waals surface area contributed by atoms with Crippen molar-refractivity contribution < 1.29 is 0 Å². The van der Waals surface area contributed by atoms with Crippen LogP contribution in [-0.2, 0) is 13.0 Å². The lowest BCUT2D eigenvalue weighted by Gasteiger charge is -2.16. The number of thiazole rings is 1. The van der Waals surface area contributed by atoms with E-state index in [4.69, 9.17) is 17.3 Å². The molecule has 0 spiro atoms. The van der Waals surface area contributed by atoms with E-state index in [9.17, 15) is 0 Å². The van der Waals surface area contributed by atoms with Gasteiger partial charge in [0, 0.05) is 35.1 Å². The van der Waals surface area contributed by atoms with Gasteiger partial charge in [-0.05, 0) is 35.2 Å². The van der Waals surface area contributed by atoms with E-state index in [-0.39, 0.29) is 0 Å². The molecule has 2 aromatic carbocycles. The quantitative estimate of drug-likeness (QED) is 0.745. The molecular weight excluding hydrogens is 312 g/mol. The first kappa shape index (κ1) is 15.2. The van der Waals surface area contributed by atoms with Crippen molar-refractivity contribution in [1.29, 1.82) is 0 Å². The largest absolute Gasteiger partial charge is 0.326 e. The Bertz CT molecular complexity index is 782. The number of benzene rings is 2. The van der Waals surface area contributed by atoms with Gasteiger partial charge in [-0.1, -0.05) is 41.9 Å². The van der Waals surface area contributed by atoms with Gasteiger partial charge in [0.25, 0.3) is 0 Å². The second-order valence-electron chi connectivity index (χ2n) is 5.18. The molecule has 3 rings (SSSR count). The van der Waals surface area contributed by atoms with Crippen molar-refractivity contribution in [2.75, 3.05) is 0 Å². The molecule has 0 radical (unpaired) electrons. The van der Waals surface area contributed by atoms with Crippen molar-refractivity contribution in [2.24, 2.45) is 5.73 Å². The van der Waals surface area contributed by atoms with Crippen LogP contribution in [0.2, 0.25) is 5.02 Å². The summed E-state index contributed by atoms with van der Waals surface area (Å²) >= 11 is 8.16. The maximum atomic E-state index is 6.48. The first-order chi connectivity index (χ1) is 10.7. The minimum atomic E-state index is 0.473. The zero-order valence-corrected chi connectivity index (χ0v) is 13.9. The van der Waals surface area contributed by atoms with Crippen LogP contribution in [0.4, 0.5) is 0 Å². The summed E-state index contributed by atoms with van der Waals surface area (Å²) in [5.41, 5.74) is 11.7. The fourth-order valence-electron chi connectivity index (χ4n) is 2.70. The number of halogens is 1. The summed E-state index contributed by atoms with van der Waals surface area (Å²) in [4.78, 5) is 4.41. The Morgan fingerprint density at radius 1 is 1.18 bits per heavy atom. The summed E-state index contributed by atoms with van der Waals surface area (Å²) in [6, 6.07) is 12.2. The molecular formula is C18H17ClN2S. The highest BCUT2D eigenvalue weighted by Crippen LogP contribution is 2.36. The molecule has 0 fully saturated rings. The average molecular weight is 329 g/mol. The van der Waals surface area contributed by atoms with Gasteiger partial charge < -0.3 is 5.73 Å². The van der Waals surface area contributed by atoms with Gasteiger partial charge in [0.15, 0.2) is 0 Å². The molecule has 0 unspecified atom stereocenters. The molecule has 0 aliphatic heterocycles. The van der Waals surface area contributed by atoms with Crippen LogP contribution in [0.15, 0.2) is 48.0 Å². The van der Waals surface area contributed by atoms with Crippen molar-refractivity contribution >= 4 is 22.9 Å². The highest BCUT2D eigenvalue weighted by Gasteiger charge is 2.15. The number of aryl methyl sites for hydroxylation is 1. The number of nitrogens with two attached hydrogens (primary N) is 1. The molecule has 112 valence electrons. The van der Waals surface area contributed by atoms with Crippen LogP contribution >= 0.6 is 22.9 Å². The van der Waals surface area contributed by atoms with Gasteiger partial charge in [-0.25, -0.2) is 4.98 Å². The highest BCUT2D eigenvalue weighted by molar-refractivity contribution is 7.09. The van der Waals surface area contributed by atoms with Crippen LogP contribution in [0, 0.1) is 6.92 Å². The predicted octanol–water partition coefficient (Wildman–Crippen LogP) is 4.82. The van der Waals surface area contributed by atoms with Gasteiger partial charge >= 0.3 is 0 Å². The van der Waals surface area contributed by atoms with Crippen LogP contribution < -0.4 is 5.73 Å². The van der Waals surface area contributed by atoms with Crippen LogP contribution in [0.5, 0.6) is 0 Å². The van der Waals surface area contributed by atoms with Crippen LogP contribution in [-0.4, -0.2) is 4.98 Å². The summed E-state index contributed by atoms with van der Waals surface area (Å²) in [5, 5.41) is 3.86. The molecule has 0 aliphatic rings. The van der Waals surface area contributed by atoms with Crippen molar-refractivity contribution in [2.45, 2.75) is 19.9 Å². The molecule has 0 saturated heterocycles. The van der Waals surface area contributed by atoms with Gasteiger partial charge in [0.2, 0.25) is 0 Å². The second kappa shape index (κ2) is 6.61. The van der Waals surface area contributed by atoms with E-state index in [0.717, 1.165) is 33.1 Å². The summed E-state index contributed by atoms with van der Waals surface area (Å²) < 4.78 is 0. The van der Waals surface area contributed by atoms with Crippen LogP contribution in [0.3, 0.4) is 0 Å². The first-order valence-electron chi connectivity index (χ1n) is 7.15. The van der Waals surface area contributed by atoms with Gasteiger partial charge in [-0.15, -0.1) is 11.3 Å². The number of hydrogen-bond donors (Lipinski definition) is 1. The molecule has 0 bridgehead atoms. The molecule has 0 amide bonds. The Balaban J connectivity index is 2.18. The maximum Gasteiger partial charge on any atom is 0.0969 e. The molecule has 2 N–H and O–H groups in total. The Labute approximate surface area is 139 Å². The van der Waals surface area contributed by atoms with Gasteiger partial charge in [0.1, 0.15) is 0 Å². The summed E-state index contributed by atoms with van der Waals surface area (Å²) in [6.45, 7) is 2.60. The molecule has 0 atom stereocenters. The van der Waals surface area contributed by atoms with Crippen molar-refractivity contribution in [3.05, 3.63) is 74.7 Å². The average Bonchev–Trinajstić information content (AvgIpc) is 3.02. The van der Waals surface area contributed by atoms with Crippen LogP contribution in [0.25, 0.3) is 11.1 Å². The third kappa shape index (κ3) is 2.93. The smallest absolute Gasteiger partial charge is 0.0969 e. The molecule has 0 saturated carbocycles. The Hall–Kier alpha value is -1.68. The minimum Gasteiger partial charge on any atom is -0.326 e. The van der Waals surface area contributed by atoms with E-state index in [0.29, 0.717) is 6.54 Å². The molecule has 22 heavy (non-hydrogen) atoms. The molecule has 0 aliphatic carbocycles. The lowest BCUT2D eigenvalue weighted by molar-refractivity contribution is 1.07. The first-order valence-corrected chi connectivity index (χ1v) is 8.41. The lowest BCUT2D eigenvalue weighted by atomic mass is 9.91. The fraction of sp³-hybridized carbons (Fsp3) is 0.167. The number of aromatic nitrogens is 1. The molecule has 4 heteroatoms. The Kier molecular flexibility index (Phi) is 4.57. The second-order valence-corrected chi connectivity index (χ2v) is 6.57. The fourth-order valence-corrected chi connectivity index (χ4v) is 3.63. The normalized spacial score (nSPS) is 10.9. The van der Waals surface area contributed by atoms with E-state index in [1.165, 1.54) is 11.1 Å². The number of nitrogens with zero attached hydrogens (tertiary/aromatic N) is 1. The lowest BCUT2D eigenvalue weighted by Crippen LogP contribution is -2.02. The topological polar surface area (TPSA) is 38.9 Å². The third-order valence-electron chi connectivity index (χ3n) is 3.81. The minimum absolute atomic E-state index is 0.473. The molecule has 1 heterocycles. The van der Waals surface area contributed by atoms with Crippen molar-refractivity contribution in [3.8, 4) is 11.1 Å². The van der Waals surface area contributed by atoms with E-state index >= 15 is 0 Å². The maximum absolute atomic E-state index is 6.48. The zero-order chi connectivity index (χ0) is 15.5. The molecule has 1 aromatic heterocycles. The molecule has 2 nitrogen and oxygen atoms in total. The van der Waals surface area contributed by atoms with Gasteiger partial charge in [-0.3, -0.25) is 0 Å². The van der Waals surface area contributed by atoms with E-state index < -0.39 is 0 Å². The van der Waals surface area contributed by atoms with Crippen molar-refractivity contribution in [3.63, 3.8) is 0 Å². The number of hydrogen-bond acceptors (Lipinski definition) is 3. The predicted molar refractivity (Wildman–Crippen MR) is 94.4 cm³/mol. The monoisotopic (exact) mass is 328 g/mol. The zero-order valence-electron chi connectivity index (χ0n) is 12.3. The SMILES string of the molecule is Cc1cccc(-c2c(Cl)cccc2CN)c1Cc1nccs1. The summed E-state index contributed by atoms with van der Waals surface area (Å²) in [6.07, 6.45) is 2.66.